The predicted octanol–water partition coefficient (Wildman–Crippen LogP) is 0.750. The molecule has 88 valence electrons. The van der Waals surface area contributed by atoms with E-state index in [0.29, 0.717) is 12.1 Å². The lowest BCUT2D eigenvalue weighted by Crippen LogP contribution is -2.46. The zero-order valence-electron chi connectivity index (χ0n) is 9.90. The van der Waals surface area contributed by atoms with Gasteiger partial charge in [0.1, 0.15) is 0 Å². The molecule has 0 aromatic carbocycles. The van der Waals surface area contributed by atoms with Gasteiger partial charge in [0.25, 0.3) is 0 Å². The van der Waals surface area contributed by atoms with E-state index in [0.717, 1.165) is 25.7 Å². The van der Waals surface area contributed by atoms with Crippen molar-refractivity contribution in [2.24, 2.45) is 5.73 Å². The fraction of sp³-hybridized carbons (Fsp3) is 0.909. The van der Waals surface area contributed by atoms with E-state index in [1.807, 2.05) is 7.05 Å². The molecule has 0 aromatic rings. The van der Waals surface area contributed by atoms with Crippen LogP contribution in [-0.2, 0) is 9.53 Å². The Balaban J connectivity index is 2.42. The van der Waals surface area contributed by atoms with E-state index >= 15 is 0 Å². The first-order chi connectivity index (χ1) is 7.06. The van der Waals surface area contributed by atoms with Crippen LogP contribution in [0.15, 0.2) is 0 Å². The predicted molar refractivity (Wildman–Crippen MR) is 59.5 cm³/mol. The summed E-state index contributed by atoms with van der Waals surface area (Å²) in [5.74, 6) is 0.0378. The molecule has 0 aliphatic heterocycles. The monoisotopic (exact) mass is 214 g/mol. The van der Waals surface area contributed by atoms with Gasteiger partial charge in [0.15, 0.2) is 0 Å². The lowest BCUT2D eigenvalue weighted by Gasteiger charge is -2.34. The van der Waals surface area contributed by atoms with Crippen molar-refractivity contribution in [1.29, 1.82) is 0 Å². The number of nitrogens with zero attached hydrogens (tertiary/aromatic N) is 1. The number of likely N-dealkylation sites (N-methyl/N-ethyl adjacent to an activating group) is 1. The third kappa shape index (κ3) is 3.18. The standard InChI is InChI=1S/C11H22N2O2/c1-8(12)11(14)13(2)9-4-6-10(15-3)7-5-9/h8-10H,4-7,12H2,1-3H3/t8-,9?,10?/m0/s1. The van der Waals surface area contributed by atoms with Crippen molar-refractivity contribution in [3.63, 3.8) is 0 Å². The third-order valence-electron chi connectivity index (χ3n) is 3.26. The summed E-state index contributed by atoms with van der Waals surface area (Å²) in [7, 11) is 3.60. The topological polar surface area (TPSA) is 55.6 Å². The van der Waals surface area contributed by atoms with Gasteiger partial charge in [0.05, 0.1) is 12.1 Å². The van der Waals surface area contributed by atoms with Gasteiger partial charge in [-0.1, -0.05) is 0 Å². The van der Waals surface area contributed by atoms with Gasteiger partial charge in [-0.05, 0) is 32.6 Å². The molecule has 0 unspecified atom stereocenters. The highest BCUT2D eigenvalue weighted by Gasteiger charge is 2.27. The first-order valence-electron chi connectivity index (χ1n) is 5.61. The second-order valence-electron chi connectivity index (χ2n) is 4.40. The van der Waals surface area contributed by atoms with Crippen LogP contribution in [0.2, 0.25) is 0 Å². The first kappa shape index (κ1) is 12.5. The minimum absolute atomic E-state index is 0.0378. The van der Waals surface area contributed by atoms with Gasteiger partial charge in [0.2, 0.25) is 5.91 Å². The number of carbonyl (C=O) groups excluding carboxylic acids is 1. The molecule has 0 saturated heterocycles. The molecule has 0 radical (unpaired) electrons. The highest BCUT2D eigenvalue weighted by atomic mass is 16.5. The molecular formula is C11H22N2O2. The molecule has 1 fully saturated rings. The second-order valence-corrected chi connectivity index (χ2v) is 4.40. The quantitative estimate of drug-likeness (QED) is 0.754. The third-order valence-corrected chi connectivity index (χ3v) is 3.26. The van der Waals surface area contributed by atoms with Crippen LogP contribution in [0.4, 0.5) is 0 Å². The Morgan fingerprint density at radius 1 is 1.40 bits per heavy atom. The molecule has 4 heteroatoms. The lowest BCUT2D eigenvalue weighted by molar-refractivity contribution is -0.134. The summed E-state index contributed by atoms with van der Waals surface area (Å²) in [4.78, 5) is 13.5. The van der Waals surface area contributed by atoms with Crippen LogP contribution in [0.5, 0.6) is 0 Å². The summed E-state index contributed by atoms with van der Waals surface area (Å²) >= 11 is 0. The Labute approximate surface area is 91.8 Å². The number of nitrogens with two attached hydrogens (primary N) is 1. The number of rotatable bonds is 3. The molecule has 1 amide bonds. The normalized spacial score (nSPS) is 28.5. The van der Waals surface area contributed by atoms with Crippen molar-refractivity contribution in [2.45, 2.75) is 50.8 Å². The van der Waals surface area contributed by atoms with Crippen LogP contribution in [-0.4, -0.2) is 43.2 Å². The van der Waals surface area contributed by atoms with E-state index in [4.69, 9.17) is 10.5 Å². The number of methoxy groups -OCH3 is 1. The molecule has 15 heavy (non-hydrogen) atoms. The number of ether oxygens (including phenoxy) is 1. The molecule has 1 aliphatic rings. The van der Waals surface area contributed by atoms with Crippen molar-refractivity contribution in [3.8, 4) is 0 Å². The van der Waals surface area contributed by atoms with Gasteiger partial charge < -0.3 is 15.4 Å². The van der Waals surface area contributed by atoms with Crippen LogP contribution >= 0.6 is 0 Å². The van der Waals surface area contributed by atoms with E-state index < -0.39 is 6.04 Å². The van der Waals surface area contributed by atoms with E-state index in [9.17, 15) is 4.79 Å². The van der Waals surface area contributed by atoms with Gasteiger partial charge >= 0.3 is 0 Å². The van der Waals surface area contributed by atoms with E-state index in [1.54, 1.807) is 18.9 Å². The highest BCUT2D eigenvalue weighted by Crippen LogP contribution is 2.24. The maximum absolute atomic E-state index is 11.7. The summed E-state index contributed by atoms with van der Waals surface area (Å²) in [5, 5.41) is 0. The SMILES string of the molecule is COC1CCC(N(C)C(=O)[C@H](C)N)CC1. The average molecular weight is 214 g/mol. The number of carbonyl (C=O) groups is 1. The van der Waals surface area contributed by atoms with Gasteiger partial charge in [-0.15, -0.1) is 0 Å². The minimum atomic E-state index is -0.393. The number of hydrogen-bond donors (Lipinski definition) is 1. The molecule has 0 spiro atoms. The molecule has 0 bridgehead atoms. The van der Waals surface area contributed by atoms with E-state index in [1.165, 1.54) is 0 Å². The van der Waals surface area contributed by atoms with Crippen LogP contribution in [0.3, 0.4) is 0 Å². The van der Waals surface area contributed by atoms with Crippen molar-refractivity contribution >= 4 is 5.91 Å². The summed E-state index contributed by atoms with van der Waals surface area (Å²) in [6, 6.07) is -0.0509. The summed E-state index contributed by atoms with van der Waals surface area (Å²) in [6.45, 7) is 1.74. The fourth-order valence-corrected chi connectivity index (χ4v) is 2.17. The summed E-state index contributed by atoms with van der Waals surface area (Å²) < 4.78 is 5.30. The Morgan fingerprint density at radius 3 is 2.33 bits per heavy atom. The van der Waals surface area contributed by atoms with Gasteiger partial charge in [0, 0.05) is 20.2 Å². The molecule has 2 N–H and O–H groups in total. The van der Waals surface area contributed by atoms with Crippen LogP contribution in [0, 0.1) is 0 Å². The van der Waals surface area contributed by atoms with Crippen LogP contribution in [0.1, 0.15) is 32.6 Å². The second kappa shape index (κ2) is 5.47. The maximum atomic E-state index is 11.7. The Kier molecular flexibility index (Phi) is 4.54. The molecule has 0 aromatic heterocycles. The summed E-state index contributed by atoms with van der Waals surface area (Å²) in [5.41, 5.74) is 5.58. The van der Waals surface area contributed by atoms with Crippen LogP contribution in [0.25, 0.3) is 0 Å². The van der Waals surface area contributed by atoms with Gasteiger partial charge in [-0.2, -0.15) is 0 Å². The van der Waals surface area contributed by atoms with Crippen LogP contribution < -0.4 is 5.73 Å². The van der Waals surface area contributed by atoms with Gasteiger partial charge in [-0.3, -0.25) is 4.79 Å². The Hall–Kier alpha value is -0.610. The molecule has 1 rings (SSSR count). The number of hydrogen-bond acceptors (Lipinski definition) is 3. The zero-order valence-corrected chi connectivity index (χ0v) is 9.90. The Morgan fingerprint density at radius 2 is 1.93 bits per heavy atom. The number of amides is 1. The highest BCUT2D eigenvalue weighted by molar-refractivity contribution is 5.81. The van der Waals surface area contributed by atoms with E-state index in [2.05, 4.69) is 0 Å². The molecule has 1 atom stereocenters. The molecule has 0 heterocycles. The summed E-state index contributed by atoms with van der Waals surface area (Å²) in [6.07, 6.45) is 4.50. The maximum Gasteiger partial charge on any atom is 0.239 e. The van der Waals surface area contributed by atoms with Crippen molar-refractivity contribution in [3.05, 3.63) is 0 Å². The molecule has 4 nitrogen and oxygen atoms in total. The zero-order chi connectivity index (χ0) is 11.4. The Bertz CT molecular complexity index is 211. The smallest absolute Gasteiger partial charge is 0.239 e. The largest absolute Gasteiger partial charge is 0.381 e. The fourth-order valence-electron chi connectivity index (χ4n) is 2.17. The van der Waals surface area contributed by atoms with Crippen molar-refractivity contribution in [2.75, 3.05) is 14.2 Å². The average Bonchev–Trinajstić information content (AvgIpc) is 2.27. The first-order valence-corrected chi connectivity index (χ1v) is 5.61. The molecular weight excluding hydrogens is 192 g/mol. The van der Waals surface area contributed by atoms with Crippen molar-refractivity contribution < 1.29 is 9.53 Å². The van der Waals surface area contributed by atoms with Crippen molar-refractivity contribution in [1.82, 2.24) is 4.90 Å². The van der Waals surface area contributed by atoms with E-state index in [-0.39, 0.29) is 5.91 Å². The van der Waals surface area contributed by atoms with Gasteiger partial charge in [-0.25, -0.2) is 0 Å². The lowest BCUT2D eigenvalue weighted by atomic mass is 9.92. The molecule has 1 saturated carbocycles. The minimum Gasteiger partial charge on any atom is -0.381 e. The molecule has 1 aliphatic carbocycles.